The molecule has 2 aliphatic heterocycles. The molecule has 0 atom stereocenters. The van der Waals surface area contributed by atoms with Crippen molar-refractivity contribution in [3.05, 3.63) is 142 Å². The molecule has 6 aromatic carbocycles. The van der Waals surface area contributed by atoms with Gasteiger partial charge in [0.2, 0.25) is 5.82 Å². The lowest BCUT2D eigenvalue weighted by Gasteiger charge is -2.39. The van der Waals surface area contributed by atoms with Crippen LogP contribution in [0.2, 0.25) is 0 Å². The van der Waals surface area contributed by atoms with Gasteiger partial charge >= 0.3 is 0 Å². The van der Waals surface area contributed by atoms with E-state index in [1.54, 1.807) is 27.4 Å². The van der Waals surface area contributed by atoms with Crippen LogP contribution in [-0.4, -0.2) is 47.6 Å². The Balaban J connectivity index is 1.33. The van der Waals surface area contributed by atoms with E-state index in [0.29, 0.717) is 54.9 Å². The highest BCUT2D eigenvalue weighted by Crippen LogP contribution is 2.60. The van der Waals surface area contributed by atoms with E-state index < -0.39 is 45.7 Å². The van der Waals surface area contributed by atoms with Crippen LogP contribution in [0.1, 0.15) is 41.7 Å². The van der Waals surface area contributed by atoms with Gasteiger partial charge in [0.25, 0.3) is 0 Å². The van der Waals surface area contributed by atoms with Gasteiger partial charge in [-0.1, -0.05) is 56.3 Å². The van der Waals surface area contributed by atoms with Gasteiger partial charge in [0.1, 0.15) is 23.0 Å². The van der Waals surface area contributed by atoms with Crippen LogP contribution in [0.5, 0.6) is 23.0 Å². The molecule has 0 radical (unpaired) electrons. The zero-order valence-corrected chi connectivity index (χ0v) is 32.4. The number of morpholine rings is 1. The third-order valence-corrected chi connectivity index (χ3v) is 11.8. The molecule has 11 heteroatoms. The van der Waals surface area contributed by atoms with E-state index in [9.17, 15) is 13.2 Å². The maximum atomic E-state index is 15.3. The van der Waals surface area contributed by atoms with Gasteiger partial charge < -0.3 is 28.6 Å². The maximum absolute atomic E-state index is 15.3. The third-order valence-electron chi connectivity index (χ3n) is 11.8. The van der Waals surface area contributed by atoms with Crippen LogP contribution in [-0.2, 0) is 15.8 Å². The van der Waals surface area contributed by atoms with Crippen LogP contribution >= 0.6 is 0 Å². The van der Waals surface area contributed by atoms with E-state index in [0.717, 1.165) is 49.8 Å². The maximum Gasteiger partial charge on any atom is 0.200 e. The predicted molar refractivity (Wildman–Crippen MR) is 213 cm³/mol. The molecule has 0 amide bonds. The molecular formula is C47H38F5NO5. The van der Waals surface area contributed by atoms with Crippen LogP contribution in [0.15, 0.2) is 84.9 Å². The van der Waals surface area contributed by atoms with Crippen LogP contribution in [0.25, 0.3) is 39.1 Å². The summed E-state index contributed by atoms with van der Waals surface area (Å²) in [6.45, 7) is 6.33. The Hall–Kier alpha value is -6.07. The summed E-state index contributed by atoms with van der Waals surface area (Å²) < 4.78 is 104. The van der Waals surface area contributed by atoms with E-state index in [2.05, 4.69) is 11.0 Å². The van der Waals surface area contributed by atoms with E-state index in [-0.39, 0.29) is 5.56 Å². The van der Waals surface area contributed by atoms with E-state index in [1.807, 2.05) is 80.6 Å². The lowest BCUT2D eigenvalue weighted by Crippen LogP contribution is -2.36. The Bertz CT molecular complexity index is 2590. The number of fused-ring (bicyclic) bond motifs is 8. The molecule has 0 saturated carbocycles. The van der Waals surface area contributed by atoms with Gasteiger partial charge in [-0.2, -0.15) is 0 Å². The fourth-order valence-electron chi connectivity index (χ4n) is 8.88. The van der Waals surface area contributed by atoms with Crippen molar-refractivity contribution in [2.75, 3.05) is 52.5 Å². The number of nitrogens with zero attached hydrogens (tertiary/aromatic N) is 1. The minimum absolute atomic E-state index is 0.133. The number of ether oxygens (including phenoxy) is 5. The summed E-state index contributed by atoms with van der Waals surface area (Å²) in [6.07, 6.45) is 4.07. The molecule has 1 fully saturated rings. The summed E-state index contributed by atoms with van der Waals surface area (Å²) in [5, 5.41) is 1.59. The first-order valence-electron chi connectivity index (χ1n) is 18.8. The van der Waals surface area contributed by atoms with Gasteiger partial charge in [-0.15, -0.1) is 0 Å². The molecule has 296 valence electrons. The summed E-state index contributed by atoms with van der Waals surface area (Å²) in [6, 6.07) is 24.1. The monoisotopic (exact) mass is 791 g/mol. The molecule has 1 aliphatic carbocycles. The summed E-state index contributed by atoms with van der Waals surface area (Å²) >= 11 is 0. The molecule has 0 unspecified atom stereocenters. The summed E-state index contributed by atoms with van der Waals surface area (Å²) in [4.78, 5) is 2.21. The zero-order valence-electron chi connectivity index (χ0n) is 32.4. The first-order chi connectivity index (χ1) is 27.9. The first kappa shape index (κ1) is 37.5. The van der Waals surface area contributed by atoms with Crippen molar-refractivity contribution in [2.24, 2.45) is 0 Å². The van der Waals surface area contributed by atoms with E-state index in [4.69, 9.17) is 23.7 Å². The molecule has 9 rings (SSSR count). The lowest BCUT2D eigenvalue weighted by molar-refractivity contribution is 0.122. The minimum Gasteiger partial charge on any atom is -0.497 e. The third kappa shape index (κ3) is 5.46. The molecule has 6 nitrogen and oxygen atoms in total. The highest BCUT2D eigenvalue weighted by Gasteiger charge is 2.45. The molecule has 2 heterocycles. The van der Waals surface area contributed by atoms with E-state index >= 15 is 8.78 Å². The highest BCUT2D eigenvalue weighted by atomic mass is 19.2. The van der Waals surface area contributed by atoms with Crippen LogP contribution < -0.4 is 23.8 Å². The number of hydrogen-bond acceptors (Lipinski definition) is 6. The second kappa shape index (κ2) is 13.8. The van der Waals surface area contributed by atoms with Crippen LogP contribution in [0, 0.1) is 29.1 Å². The Kier molecular flexibility index (Phi) is 8.92. The van der Waals surface area contributed by atoms with Crippen molar-refractivity contribution in [1.82, 2.24) is 0 Å². The number of anilines is 1. The zero-order chi connectivity index (χ0) is 40.7. The van der Waals surface area contributed by atoms with Crippen molar-refractivity contribution in [3.63, 3.8) is 0 Å². The topological polar surface area (TPSA) is 49.4 Å². The summed E-state index contributed by atoms with van der Waals surface area (Å²) in [5.74, 6) is -7.40. The summed E-state index contributed by atoms with van der Waals surface area (Å²) in [5.41, 5.74) is 3.36. The van der Waals surface area contributed by atoms with Crippen molar-refractivity contribution in [3.8, 4) is 45.3 Å². The van der Waals surface area contributed by atoms with Crippen molar-refractivity contribution in [1.29, 1.82) is 0 Å². The largest absolute Gasteiger partial charge is 0.497 e. The van der Waals surface area contributed by atoms with Crippen LogP contribution in [0.4, 0.5) is 27.6 Å². The highest BCUT2D eigenvalue weighted by molar-refractivity contribution is 6.10. The fourth-order valence-corrected chi connectivity index (χ4v) is 8.88. The number of halogens is 5. The number of methoxy groups -OCH3 is 3. The fraction of sp³-hybridized carbons (Fsp3) is 0.234. The molecule has 0 spiro atoms. The molecule has 0 N–H and O–H groups in total. The number of rotatable bonds is 7. The Labute approximate surface area is 332 Å². The van der Waals surface area contributed by atoms with Gasteiger partial charge in [-0.05, 0) is 81.7 Å². The standard InChI is InChI=1S/C47H38F5NO5/c1-46(2)34-22-25(37-40(48)42(50)44(52)43(51)41(37)49)6-15-30(34)38-32-23-35(53-18-20-57-21-19-53)36(56-5)24-33(32)45-31(39(38)46)16-17-47(58-45,26-7-11-28(54-3)12-8-26)27-9-13-29(55-4)14-10-27/h6-17,22-24H,18-21H2,1-5H3. The Morgan fingerprint density at radius 3 is 1.79 bits per heavy atom. The number of hydrogen-bond donors (Lipinski definition) is 0. The first-order valence-corrected chi connectivity index (χ1v) is 18.8. The molecule has 58 heavy (non-hydrogen) atoms. The van der Waals surface area contributed by atoms with Gasteiger partial charge in [-0.25, -0.2) is 22.0 Å². The van der Waals surface area contributed by atoms with Gasteiger partial charge in [0, 0.05) is 40.6 Å². The molecular weight excluding hydrogens is 754 g/mol. The van der Waals surface area contributed by atoms with Crippen LogP contribution in [0.3, 0.4) is 0 Å². The Morgan fingerprint density at radius 2 is 1.22 bits per heavy atom. The molecule has 1 saturated heterocycles. The minimum atomic E-state index is -2.20. The smallest absolute Gasteiger partial charge is 0.200 e. The van der Waals surface area contributed by atoms with E-state index in [1.165, 1.54) is 12.1 Å². The molecule has 0 bridgehead atoms. The quantitative estimate of drug-likeness (QED) is 0.0912. The predicted octanol–water partition coefficient (Wildman–Crippen LogP) is 10.7. The normalized spacial score (nSPS) is 16.1. The second-order valence-corrected chi connectivity index (χ2v) is 15.1. The number of benzene rings is 6. The SMILES string of the molecule is COc1ccc(C2(c3ccc(OC)cc3)C=Cc3c4c(c5cc(N6CCOCC6)c(OC)cc5c3O2)-c2ccc(-c3c(F)c(F)c(F)c(F)c3F)cc2C4(C)C)cc1. The van der Waals surface area contributed by atoms with Gasteiger partial charge in [0.05, 0.1) is 45.8 Å². The van der Waals surface area contributed by atoms with Gasteiger partial charge in [-0.3, -0.25) is 0 Å². The average molecular weight is 792 g/mol. The molecule has 3 aliphatic rings. The molecule has 0 aromatic heterocycles. The van der Waals surface area contributed by atoms with Crippen molar-refractivity contribution in [2.45, 2.75) is 24.9 Å². The molecule has 6 aromatic rings. The van der Waals surface area contributed by atoms with Crippen molar-refractivity contribution < 1.29 is 45.6 Å². The average Bonchev–Trinajstić information content (AvgIpc) is 3.50. The second-order valence-electron chi connectivity index (χ2n) is 15.1. The Morgan fingerprint density at radius 1 is 0.638 bits per heavy atom. The lowest BCUT2D eigenvalue weighted by atomic mass is 9.76. The summed E-state index contributed by atoms with van der Waals surface area (Å²) in [7, 11) is 4.85. The van der Waals surface area contributed by atoms with Crippen molar-refractivity contribution >= 4 is 22.5 Å². The van der Waals surface area contributed by atoms with Gasteiger partial charge in [0.15, 0.2) is 28.9 Å².